The maximum atomic E-state index is 12.2. The second-order valence-electron chi connectivity index (χ2n) is 5.39. The summed E-state index contributed by atoms with van der Waals surface area (Å²) in [6.07, 6.45) is 1.75. The van der Waals surface area contributed by atoms with Crippen LogP contribution in [0.5, 0.6) is 0 Å². The van der Waals surface area contributed by atoms with Crippen LogP contribution in [0.1, 0.15) is 18.4 Å². The molecule has 5 nitrogen and oxygen atoms in total. The molecule has 0 spiro atoms. The van der Waals surface area contributed by atoms with E-state index in [9.17, 15) is 4.79 Å². The van der Waals surface area contributed by atoms with Gasteiger partial charge in [-0.15, -0.1) is 0 Å². The van der Waals surface area contributed by atoms with Crippen molar-refractivity contribution in [1.82, 2.24) is 4.90 Å². The van der Waals surface area contributed by atoms with Gasteiger partial charge in [0.25, 0.3) is 0 Å². The molecule has 1 fully saturated rings. The first kappa shape index (κ1) is 13.9. The molecule has 0 aliphatic carbocycles. The highest BCUT2D eigenvalue weighted by atomic mass is 16.6. The summed E-state index contributed by atoms with van der Waals surface area (Å²) in [5.41, 5.74) is 1.00. The lowest BCUT2D eigenvalue weighted by Crippen LogP contribution is -2.42. The predicted molar refractivity (Wildman–Crippen MR) is 79.2 cm³/mol. The second kappa shape index (κ2) is 6.61. The zero-order valence-electron chi connectivity index (χ0n) is 12.0. The van der Waals surface area contributed by atoms with Crippen LogP contribution in [0.2, 0.25) is 0 Å². The third-order valence-corrected chi connectivity index (χ3v) is 3.84. The molecular weight excluding hydrogens is 268 g/mol. The number of piperidine rings is 1. The van der Waals surface area contributed by atoms with Crippen LogP contribution in [-0.2, 0) is 16.1 Å². The Morgan fingerprint density at radius 3 is 3.00 bits per heavy atom. The first-order valence-electron chi connectivity index (χ1n) is 7.46. The van der Waals surface area contributed by atoms with E-state index in [1.807, 2.05) is 30.3 Å². The van der Waals surface area contributed by atoms with Gasteiger partial charge in [0.2, 0.25) is 0 Å². The molecule has 0 radical (unpaired) electrons. The SMILES string of the molecule is O=C(OCc1ccccc1)N1CCC[C@H](C2=NCCO2)C1. The first-order valence-corrected chi connectivity index (χ1v) is 7.46. The Labute approximate surface area is 124 Å². The number of nitrogens with zero attached hydrogens (tertiary/aromatic N) is 2. The van der Waals surface area contributed by atoms with Gasteiger partial charge in [-0.3, -0.25) is 4.99 Å². The quantitative estimate of drug-likeness (QED) is 0.858. The van der Waals surface area contributed by atoms with Crippen molar-refractivity contribution in [2.24, 2.45) is 10.9 Å². The molecule has 0 bridgehead atoms. The van der Waals surface area contributed by atoms with Crippen molar-refractivity contribution < 1.29 is 14.3 Å². The Morgan fingerprint density at radius 2 is 2.24 bits per heavy atom. The predicted octanol–water partition coefficient (Wildman–Crippen LogP) is 2.46. The normalized spacial score (nSPS) is 21.6. The molecule has 0 saturated carbocycles. The van der Waals surface area contributed by atoms with Crippen molar-refractivity contribution in [2.75, 3.05) is 26.2 Å². The monoisotopic (exact) mass is 288 g/mol. The van der Waals surface area contributed by atoms with E-state index in [0.29, 0.717) is 19.8 Å². The van der Waals surface area contributed by atoms with E-state index in [0.717, 1.165) is 37.4 Å². The number of ether oxygens (including phenoxy) is 2. The smallest absolute Gasteiger partial charge is 0.410 e. The van der Waals surface area contributed by atoms with Gasteiger partial charge in [-0.05, 0) is 18.4 Å². The average Bonchev–Trinajstić information content (AvgIpc) is 3.08. The van der Waals surface area contributed by atoms with Crippen molar-refractivity contribution in [3.05, 3.63) is 35.9 Å². The third-order valence-electron chi connectivity index (χ3n) is 3.84. The van der Waals surface area contributed by atoms with Crippen LogP contribution in [0.3, 0.4) is 0 Å². The van der Waals surface area contributed by atoms with E-state index in [1.165, 1.54) is 0 Å². The first-order chi connectivity index (χ1) is 10.3. The van der Waals surface area contributed by atoms with Crippen molar-refractivity contribution in [2.45, 2.75) is 19.4 Å². The third kappa shape index (κ3) is 3.54. The summed E-state index contributed by atoms with van der Waals surface area (Å²) in [6, 6.07) is 9.73. The fourth-order valence-electron chi connectivity index (χ4n) is 2.75. The molecule has 1 aromatic rings. The van der Waals surface area contributed by atoms with Gasteiger partial charge in [-0.25, -0.2) is 4.79 Å². The lowest BCUT2D eigenvalue weighted by atomic mass is 9.98. The van der Waals surface area contributed by atoms with Gasteiger partial charge in [0, 0.05) is 13.1 Å². The topological polar surface area (TPSA) is 51.1 Å². The van der Waals surface area contributed by atoms with Crippen LogP contribution in [0.15, 0.2) is 35.3 Å². The molecule has 0 N–H and O–H groups in total. The van der Waals surface area contributed by atoms with Gasteiger partial charge >= 0.3 is 6.09 Å². The van der Waals surface area contributed by atoms with Crippen LogP contribution in [0.25, 0.3) is 0 Å². The molecule has 2 aliphatic rings. The summed E-state index contributed by atoms with van der Waals surface area (Å²) in [4.78, 5) is 18.3. The Kier molecular flexibility index (Phi) is 4.38. The molecular formula is C16H20N2O3. The van der Waals surface area contributed by atoms with Gasteiger partial charge < -0.3 is 14.4 Å². The summed E-state index contributed by atoms with van der Waals surface area (Å²) >= 11 is 0. The number of benzene rings is 1. The molecule has 21 heavy (non-hydrogen) atoms. The molecule has 3 rings (SSSR count). The summed E-state index contributed by atoms with van der Waals surface area (Å²) in [6.45, 7) is 3.12. The van der Waals surface area contributed by atoms with E-state index >= 15 is 0 Å². The summed E-state index contributed by atoms with van der Waals surface area (Å²) in [5.74, 6) is 1.04. The van der Waals surface area contributed by atoms with E-state index in [2.05, 4.69) is 4.99 Å². The van der Waals surface area contributed by atoms with Crippen LogP contribution in [0, 0.1) is 5.92 Å². The Morgan fingerprint density at radius 1 is 1.38 bits per heavy atom. The number of hydrogen-bond donors (Lipinski definition) is 0. The largest absolute Gasteiger partial charge is 0.479 e. The Bertz CT molecular complexity index is 516. The standard InChI is InChI=1S/C16H20N2O3/c19-16(21-12-13-5-2-1-3-6-13)18-9-4-7-14(11-18)15-17-8-10-20-15/h1-3,5-6,14H,4,7-12H2/t14-/m0/s1. The highest BCUT2D eigenvalue weighted by Gasteiger charge is 2.30. The summed E-state index contributed by atoms with van der Waals surface area (Å²) in [7, 11) is 0. The fraction of sp³-hybridized carbons (Fsp3) is 0.500. The summed E-state index contributed by atoms with van der Waals surface area (Å²) in [5, 5.41) is 0. The van der Waals surface area contributed by atoms with E-state index in [4.69, 9.17) is 9.47 Å². The molecule has 2 aliphatic heterocycles. The molecule has 1 aromatic carbocycles. The fourth-order valence-corrected chi connectivity index (χ4v) is 2.75. The van der Waals surface area contributed by atoms with Crippen LogP contribution < -0.4 is 0 Å². The maximum Gasteiger partial charge on any atom is 0.410 e. The maximum absolute atomic E-state index is 12.2. The summed E-state index contributed by atoms with van der Waals surface area (Å²) < 4.78 is 10.9. The van der Waals surface area contributed by atoms with Crippen LogP contribution in [0.4, 0.5) is 4.79 Å². The van der Waals surface area contributed by atoms with E-state index in [1.54, 1.807) is 4.90 Å². The number of amides is 1. The number of carbonyl (C=O) groups excluding carboxylic acids is 1. The number of aliphatic imine (C=N–C) groups is 1. The minimum atomic E-state index is -0.248. The Hall–Kier alpha value is -2.04. The van der Waals surface area contributed by atoms with Crippen LogP contribution >= 0.6 is 0 Å². The van der Waals surface area contributed by atoms with Gasteiger partial charge in [0.1, 0.15) is 13.2 Å². The second-order valence-corrected chi connectivity index (χ2v) is 5.39. The van der Waals surface area contributed by atoms with Gasteiger partial charge in [0.15, 0.2) is 5.90 Å². The molecule has 1 amide bonds. The molecule has 1 saturated heterocycles. The van der Waals surface area contributed by atoms with Gasteiger partial charge in [-0.2, -0.15) is 0 Å². The van der Waals surface area contributed by atoms with Crippen molar-refractivity contribution in [1.29, 1.82) is 0 Å². The Balaban J connectivity index is 1.52. The van der Waals surface area contributed by atoms with Gasteiger partial charge in [-0.1, -0.05) is 30.3 Å². The molecule has 112 valence electrons. The highest BCUT2D eigenvalue weighted by Crippen LogP contribution is 2.21. The molecule has 1 atom stereocenters. The average molecular weight is 288 g/mol. The molecule has 2 heterocycles. The lowest BCUT2D eigenvalue weighted by molar-refractivity contribution is 0.0832. The van der Waals surface area contributed by atoms with Gasteiger partial charge in [0.05, 0.1) is 12.5 Å². The highest BCUT2D eigenvalue weighted by molar-refractivity contribution is 5.81. The van der Waals surface area contributed by atoms with Crippen LogP contribution in [-0.4, -0.2) is 43.1 Å². The number of rotatable bonds is 3. The number of likely N-dealkylation sites (tertiary alicyclic amines) is 1. The number of hydrogen-bond acceptors (Lipinski definition) is 4. The molecule has 0 aromatic heterocycles. The lowest BCUT2D eigenvalue weighted by Gasteiger charge is -2.31. The van der Waals surface area contributed by atoms with E-state index in [-0.39, 0.29) is 12.0 Å². The van der Waals surface area contributed by atoms with Crippen molar-refractivity contribution >= 4 is 12.0 Å². The van der Waals surface area contributed by atoms with E-state index < -0.39 is 0 Å². The zero-order chi connectivity index (χ0) is 14.5. The minimum absolute atomic E-state index is 0.227. The zero-order valence-corrected chi connectivity index (χ0v) is 12.0. The van der Waals surface area contributed by atoms with Crippen molar-refractivity contribution in [3.8, 4) is 0 Å². The number of carbonyl (C=O) groups is 1. The molecule has 5 heteroatoms. The van der Waals surface area contributed by atoms with Crippen molar-refractivity contribution in [3.63, 3.8) is 0 Å². The minimum Gasteiger partial charge on any atom is -0.479 e. The molecule has 0 unspecified atom stereocenters.